The second-order valence-electron chi connectivity index (χ2n) is 4.26. The van der Waals surface area contributed by atoms with Gasteiger partial charge in [-0.15, -0.1) is 0 Å². The van der Waals surface area contributed by atoms with Crippen molar-refractivity contribution in [3.05, 3.63) is 42.0 Å². The molecule has 1 nitrogen and oxygen atoms in total. The Hall–Kier alpha value is -1.08. The lowest BCUT2D eigenvalue weighted by Crippen LogP contribution is -2.31. The lowest BCUT2D eigenvalue weighted by molar-refractivity contribution is 0.0819. The molecule has 0 aliphatic heterocycles. The quantitative estimate of drug-likeness (QED) is 0.779. The molecular weight excluding hydrogens is 184 g/mol. The Morgan fingerprint density at radius 3 is 2.67 bits per heavy atom. The van der Waals surface area contributed by atoms with Crippen LogP contribution in [-0.2, 0) is 0 Å². The van der Waals surface area contributed by atoms with Gasteiger partial charge in [0.25, 0.3) is 0 Å². The maximum absolute atomic E-state index is 10.5. The van der Waals surface area contributed by atoms with Crippen molar-refractivity contribution in [1.29, 1.82) is 0 Å². The van der Waals surface area contributed by atoms with Crippen LogP contribution in [-0.4, -0.2) is 10.7 Å². The van der Waals surface area contributed by atoms with Gasteiger partial charge in [-0.1, -0.05) is 43.3 Å². The van der Waals surface area contributed by atoms with Crippen LogP contribution in [0.5, 0.6) is 0 Å². The standard InChI is InChI=1S/C14H18O/c1-2-14(15)11-7-6-10-13(14)12-8-4-3-5-9-12/h3-5,8-10,15H,2,6-7,11H2,1H3/t14-/m0/s1. The highest BCUT2D eigenvalue weighted by atomic mass is 16.3. The van der Waals surface area contributed by atoms with E-state index in [-0.39, 0.29) is 0 Å². The lowest BCUT2D eigenvalue weighted by atomic mass is 9.78. The van der Waals surface area contributed by atoms with Crippen LogP contribution in [0.3, 0.4) is 0 Å². The summed E-state index contributed by atoms with van der Waals surface area (Å²) in [7, 11) is 0. The molecule has 1 aromatic rings. The van der Waals surface area contributed by atoms with Crippen molar-refractivity contribution in [3.63, 3.8) is 0 Å². The van der Waals surface area contributed by atoms with E-state index in [1.165, 1.54) is 5.56 Å². The molecule has 1 aliphatic carbocycles. The van der Waals surface area contributed by atoms with Gasteiger partial charge in [0.1, 0.15) is 0 Å². The zero-order valence-electron chi connectivity index (χ0n) is 9.24. The van der Waals surface area contributed by atoms with Crippen LogP contribution >= 0.6 is 0 Å². The summed E-state index contributed by atoms with van der Waals surface area (Å²) in [6.07, 6.45) is 6.08. The van der Waals surface area contributed by atoms with E-state index in [4.69, 9.17) is 0 Å². The molecule has 1 atom stereocenters. The van der Waals surface area contributed by atoms with Crippen molar-refractivity contribution in [2.75, 3.05) is 0 Å². The van der Waals surface area contributed by atoms with Crippen LogP contribution in [0.25, 0.3) is 5.57 Å². The van der Waals surface area contributed by atoms with Crippen molar-refractivity contribution < 1.29 is 5.11 Å². The summed E-state index contributed by atoms with van der Waals surface area (Å²) in [6, 6.07) is 10.2. The number of hydrogen-bond acceptors (Lipinski definition) is 1. The van der Waals surface area contributed by atoms with Crippen molar-refractivity contribution in [1.82, 2.24) is 0 Å². The Morgan fingerprint density at radius 1 is 1.27 bits per heavy atom. The SMILES string of the molecule is CC[C@]1(O)CCCC=C1c1ccccc1. The molecule has 1 heteroatoms. The monoisotopic (exact) mass is 202 g/mol. The number of allylic oxidation sites excluding steroid dienone is 1. The highest BCUT2D eigenvalue weighted by Gasteiger charge is 2.31. The van der Waals surface area contributed by atoms with E-state index < -0.39 is 5.60 Å². The average molecular weight is 202 g/mol. The van der Waals surface area contributed by atoms with Gasteiger partial charge < -0.3 is 5.11 Å². The summed E-state index contributed by atoms with van der Waals surface area (Å²) < 4.78 is 0. The fourth-order valence-corrected chi connectivity index (χ4v) is 2.34. The zero-order valence-corrected chi connectivity index (χ0v) is 9.24. The van der Waals surface area contributed by atoms with Crippen molar-refractivity contribution in [2.24, 2.45) is 0 Å². The molecule has 0 fully saturated rings. The van der Waals surface area contributed by atoms with E-state index in [1.54, 1.807) is 0 Å². The fraction of sp³-hybridized carbons (Fsp3) is 0.429. The van der Waals surface area contributed by atoms with Crippen LogP contribution in [0.2, 0.25) is 0 Å². The van der Waals surface area contributed by atoms with Gasteiger partial charge in [-0.05, 0) is 36.8 Å². The third-order valence-electron chi connectivity index (χ3n) is 3.31. The topological polar surface area (TPSA) is 20.2 Å². The predicted octanol–water partition coefficient (Wildman–Crippen LogP) is 3.40. The minimum Gasteiger partial charge on any atom is -0.385 e. The molecule has 1 aromatic carbocycles. The summed E-state index contributed by atoms with van der Waals surface area (Å²) in [5.41, 5.74) is 1.69. The Labute approximate surface area is 91.4 Å². The highest BCUT2D eigenvalue weighted by Crippen LogP contribution is 2.38. The number of rotatable bonds is 2. The number of aliphatic hydroxyl groups is 1. The molecule has 0 saturated heterocycles. The van der Waals surface area contributed by atoms with Crippen LogP contribution in [0.15, 0.2) is 36.4 Å². The van der Waals surface area contributed by atoms with Gasteiger partial charge in [0, 0.05) is 0 Å². The summed E-state index contributed by atoms with van der Waals surface area (Å²) in [4.78, 5) is 0. The molecule has 0 saturated carbocycles. The third kappa shape index (κ3) is 1.98. The van der Waals surface area contributed by atoms with Gasteiger partial charge in [0.15, 0.2) is 0 Å². The first-order valence-corrected chi connectivity index (χ1v) is 5.75. The molecule has 2 rings (SSSR count). The van der Waals surface area contributed by atoms with E-state index in [0.29, 0.717) is 0 Å². The first kappa shape index (κ1) is 10.4. The Balaban J connectivity index is 2.38. The van der Waals surface area contributed by atoms with E-state index in [2.05, 4.69) is 25.1 Å². The molecule has 0 amide bonds. The fourth-order valence-electron chi connectivity index (χ4n) is 2.34. The molecule has 0 radical (unpaired) electrons. The molecule has 0 unspecified atom stereocenters. The summed E-state index contributed by atoms with van der Waals surface area (Å²) in [5, 5.41) is 10.5. The van der Waals surface area contributed by atoms with E-state index in [9.17, 15) is 5.11 Å². The van der Waals surface area contributed by atoms with Gasteiger partial charge in [-0.2, -0.15) is 0 Å². The second kappa shape index (κ2) is 4.19. The van der Waals surface area contributed by atoms with Gasteiger partial charge in [-0.25, -0.2) is 0 Å². The number of benzene rings is 1. The summed E-state index contributed by atoms with van der Waals surface area (Å²) in [5.74, 6) is 0. The molecule has 1 N–H and O–H groups in total. The maximum Gasteiger partial charge on any atom is 0.0896 e. The molecule has 0 bridgehead atoms. The smallest absolute Gasteiger partial charge is 0.0896 e. The van der Waals surface area contributed by atoms with Gasteiger partial charge >= 0.3 is 0 Å². The summed E-state index contributed by atoms with van der Waals surface area (Å²) in [6.45, 7) is 2.06. The third-order valence-corrected chi connectivity index (χ3v) is 3.31. The Morgan fingerprint density at radius 2 is 2.00 bits per heavy atom. The highest BCUT2D eigenvalue weighted by molar-refractivity contribution is 5.72. The Bertz CT molecular complexity index is 353. The molecule has 15 heavy (non-hydrogen) atoms. The minimum atomic E-state index is -0.598. The predicted molar refractivity (Wildman–Crippen MR) is 63.5 cm³/mol. The van der Waals surface area contributed by atoms with Crippen LogP contribution in [0, 0.1) is 0 Å². The van der Waals surface area contributed by atoms with E-state index in [0.717, 1.165) is 31.3 Å². The molecule has 1 aliphatic rings. The Kier molecular flexibility index (Phi) is 2.92. The van der Waals surface area contributed by atoms with Crippen LogP contribution in [0.4, 0.5) is 0 Å². The zero-order chi connectivity index (χ0) is 10.7. The van der Waals surface area contributed by atoms with Gasteiger partial charge in [0.2, 0.25) is 0 Å². The first-order chi connectivity index (χ1) is 7.26. The van der Waals surface area contributed by atoms with Crippen molar-refractivity contribution in [3.8, 4) is 0 Å². The van der Waals surface area contributed by atoms with Gasteiger partial charge in [0.05, 0.1) is 5.60 Å². The lowest BCUT2D eigenvalue weighted by Gasteiger charge is -2.33. The molecule has 80 valence electrons. The van der Waals surface area contributed by atoms with Gasteiger partial charge in [-0.3, -0.25) is 0 Å². The van der Waals surface area contributed by atoms with E-state index >= 15 is 0 Å². The van der Waals surface area contributed by atoms with Crippen molar-refractivity contribution >= 4 is 5.57 Å². The summed E-state index contributed by atoms with van der Waals surface area (Å²) >= 11 is 0. The average Bonchev–Trinajstić information content (AvgIpc) is 2.31. The molecule has 0 aromatic heterocycles. The first-order valence-electron chi connectivity index (χ1n) is 5.75. The molecule has 0 spiro atoms. The van der Waals surface area contributed by atoms with Crippen molar-refractivity contribution in [2.45, 2.75) is 38.2 Å². The van der Waals surface area contributed by atoms with Crippen LogP contribution in [0.1, 0.15) is 38.2 Å². The second-order valence-corrected chi connectivity index (χ2v) is 4.26. The minimum absolute atomic E-state index is 0.598. The normalized spacial score (nSPS) is 26.1. The number of hydrogen-bond donors (Lipinski definition) is 1. The van der Waals surface area contributed by atoms with E-state index in [1.807, 2.05) is 18.2 Å². The largest absolute Gasteiger partial charge is 0.385 e. The van der Waals surface area contributed by atoms with Crippen LogP contribution < -0.4 is 0 Å². The molecular formula is C14H18O. The molecule has 0 heterocycles. The maximum atomic E-state index is 10.5.